The number of carbonyl (C=O) groups is 1. The molecule has 0 fully saturated rings. The summed E-state index contributed by atoms with van der Waals surface area (Å²) >= 11 is 12.4. The Labute approximate surface area is 219 Å². The van der Waals surface area contributed by atoms with Crippen molar-refractivity contribution in [1.82, 2.24) is 4.90 Å². The number of para-hydroxylation sites is 1. The first kappa shape index (κ1) is 24.5. The van der Waals surface area contributed by atoms with E-state index in [0.29, 0.717) is 51.7 Å². The maximum atomic E-state index is 13.4. The number of hydrogen-bond acceptors (Lipinski definition) is 6. The second-order valence-electron chi connectivity index (χ2n) is 8.71. The Morgan fingerprint density at radius 2 is 1.94 bits per heavy atom. The minimum atomic E-state index is -0.166. The Hall–Kier alpha value is -3.19. The van der Waals surface area contributed by atoms with Crippen molar-refractivity contribution in [3.63, 3.8) is 0 Å². The van der Waals surface area contributed by atoms with Gasteiger partial charge in [0.25, 0.3) is 0 Å². The highest BCUT2D eigenvalue weighted by Gasteiger charge is 2.35. The van der Waals surface area contributed by atoms with Crippen molar-refractivity contribution in [2.75, 3.05) is 27.5 Å². The second-order valence-corrected chi connectivity index (χ2v) is 9.55. The average Bonchev–Trinajstić information content (AvgIpc) is 3.20. The molecule has 2 aliphatic heterocycles. The van der Waals surface area contributed by atoms with Crippen LogP contribution in [-0.4, -0.2) is 38.2 Å². The summed E-state index contributed by atoms with van der Waals surface area (Å²) in [6, 6.07) is 12.9. The molecule has 2 aliphatic rings. The lowest BCUT2D eigenvalue weighted by Crippen LogP contribution is -2.34. The Morgan fingerprint density at radius 3 is 2.69 bits per heavy atom. The summed E-state index contributed by atoms with van der Waals surface area (Å²) in [7, 11) is 3.14. The van der Waals surface area contributed by atoms with E-state index in [1.807, 2.05) is 37.3 Å². The zero-order chi connectivity index (χ0) is 25.4. The third kappa shape index (κ3) is 4.52. The molecule has 5 rings (SSSR count). The number of Topliss-reactive ketones (excluding diaryl/α,β-unsaturated/α-hetero) is 1. The van der Waals surface area contributed by atoms with Gasteiger partial charge >= 0.3 is 0 Å². The lowest BCUT2D eigenvalue weighted by molar-refractivity contribution is 0.0949. The summed E-state index contributed by atoms with van der Waals surface area (Å²) in [5.41, 5.74) is 3.95. The highest BCUT2D eigenvalue weighted by molar-refractivity contribution is 6.35. The van der Waals surface area contributed by atoms with Crippen LogP contribution in [0.3, 0.4) is 0 Å². The van der Waals surface area contributed by atoms with E-state index in [1.54, 1.807) is 32.4 Å². The second kappa shape index (κ2) is 10.1. The van der Waals surface area contributed by atoms with Crippen LogP contribution in [0.15, 0.2) is 48.2 Å². The standard InChI is InChI=1S/C28H25Cl2NO5/c1-16-11-23-20(14-31(15-35-23)10-9-17-7-8-19(29)13-21(17)30)28-25(16)26(32)24(36-28)12-18-5-4-6-22(33-2)27(18)34-3/h4-8,11-13H,9-10,14-15H2,1-3H3/b24-12+. The van der Waals surface area contributed by atoms with Gasteiger partial charge in [-0.1, -0.05) is 41.4 Å². The molecular formula is C28H25Cl2NO5. The maximum absolute atomic E-state index is 13.4. The minimum Gasteiger partial charge on any atom is -0.493 e. The summed E-state index contributed by atoms with van der Waals surface area (Å²) in [6.45, 7) is 3.65. The molecule has 2 heterocycles. The van der Waals surface area contributed by atoms with E-state index in [1.165, 1.54) is 0 Å². The molecule has 0 N–H and O–H groups in total. The fourth-order valence-corrected chi connectivity index (χ4v) is 5.09. The van der Waals surface area contributed by atoms with Crippen molar-refractivity contribution < 1.29 is 23.7 Å². The largest absolute Gasteiger partial charge is 0.493 e. The first-order valence-electron chi connectivity index (χ1n) is 11.5. The fourth-order valence-electron chi connectivity index (χ4n) is 4.59. The van der Waals surface area contributed by atoms with Gasteiger partial charge in [0.2, 0.25) is 5.78 Å². The normalized spacial score (nSPS) is 15.8. The van der Waals surface area contributed by atoms with Crippen LogP contribution >= 0.6 is 23.2 Å². The van der Waals surface area contributed by atoms with E-state index in [0.717, 1.165) is 35.4 Å². The first-order chi connectivity index (χ1) is 17.4. The van der Waals surface area contributed by atoms with Crippen molar-refractivity contribution in [3.05, 3.63) is 86.1 Å². The van der Waals surface area contributed by atoms with Crippen LogP contribution in [-0.2, 0) is 13.0 Å². The van der Waals surface area contributed by atoms with E-state index < -0.39 is 0 Å². The SMILES string of the molecule is COc1cccc(/C=C2/Oc3c4c(cc(C)c3C2=O)OCN(CCc2ccc(Cl)cc2Cl)C4)c1OC. The van der Waals surface area contributed by atoms with Gasteiger partial charge < -0.3 is 18.9 Å². The predicted octanol–water partition coefficient (Wildman–Crippen LogP) is 6.33. The number of ether oxygens (including phenoxy) is 4. The monoisotopic (exact) mass is 525 g/mol. The average molecular weight is 526 g/mol. The molecule has 0 bridgehead atoms. The minimum absolute atomic E-state index is 0.166. The number of aryl methyl sites for hydroxylation is 1. The topological polar surface area (TPSA) is 57.2 Å². The molecule has 0 saturated heterocycles. The Morgan fingerprint density at radius 1 is 1.11 bits per heavy atom. The predicted molar refractivity (Wildman–Crippen MR) is 140 cm³/mol. The first-order valence-corrected chi connectivity index (χ1v) is 12.3. The molecule has 6 nitrogen and oxygen atoms in total. The Balaban J connectivity index is 1.42. The molecule has 0 radical (unpaired) electrons. The van der Waals surface area contributed by atoms with Crippen molar-refractivity contribution in [1.29, 1.82) is 0 Å². The molecular weight excluding hydrogens is 501 g/mol. The summed E-state index contributed by atoms with van der Waals surface area (Å²) in [5, 5.41) is 1.26. The lowest BCUT2D eigenvalue weighted by atomic mass is 9.98. The molecule has 0 amide bonds. The van der Waals surface area contributed by atoms with E-state index in [9.17, 15) is 4.79 Å². The van der Waals surface area contributed by atoms with Crippen molar-refractivity contribution in [2.45, 2.75) is 19.9 Å². The van der Waals surface area contributed by atoms with Gasteiger partial charge in [0.1, 0.15) is 18.2 Å². The molecule has 3 aromatic rings. The third-order valence-corrected chi connectivity index (χ3v) is 7.01. The zero-order valence-corrected chi connectivity index (χ0v) is 21.7. The van der Waals surface area contributed by atoms with Gasteiger partial charge in [0.05, 0.1) is 25.3 Å². The van der Waals surface area contributed by atoms with Gasteiger partial charge in [-0.05, 0) is 54.8 Å². The number of fused-ring (bicyclic) bond motifs is 3. The van der Waals surface area contributed by atoms with E-state index >= 15 is 0 Å². The van der Waals surface area contributed by atoms with Gasteiger partial charge in [-0.3, -0.25) is 9.69 Å². The summed E-state index contributed by atoms with van der Waals surface area (Å²) in [6.07, 6.45) is 2.43. The van der Waals surface area contributed by atoms with Gasteiger partial charge in [0.15, 0.2) is 17.3 Å². The summed E-state index contributed by atoms with van der Waals surface area (Å²) in [5.74, 6) is 2.47. The van der Waals surface area contributed by atoms with Crippen LogP contribution in [0.4, 0.5) is 0 Å². The molecule has 0 aliphatic carbocycles. The van der Waals surface area contributed by atoms with Gasteiger partial charge in [-0.2, -0.15) is 0 Å². The van der Waals surface area contributed by atoms with Crippen LogP contribution in [0.25, 0.3) is 6.08 Å². The Bertz CT molecular complexity index is 1380. The molecule has 3 aromatic carbocycles. The number of methoxy groups -OCH3 is 2. The number of hydrogen-bond donors (Lipinski definition) is 0. The molecule has 8 heteroatoms. The van der Waals surface area contributed by atoms with Crippen molar-refractivity contribution in [3.8, 4) is 23.0 Å². The number of nitrogens with zero attached hydrogens (tertiary/aromatic N) is 1. The molecule has 0 spiro atoms. The lowest BCUT2D eigenvalue weighted by Gasteiger charge is -2.30. The number of allylic oxidation sites excluding steroid dienone is 1. The van der Waals surface area contributed by atoms with Crippen LogP contribution < -0.4 is 18.9 Å². The van der Waals surface area contributed by atoms with E-state index in [4.69, 9.17) is 42.1 Å². The molecule has 0 atom stereocenters. The Kier molecular flexibility index (Phi) is 6.84. The number of halogens is 2. The van der Waals surface area contributed by atoms with Crippen LogP contribution in [0, 0.1) is 6.92 Å². The van der Waals surface area contributed by atoms with Crippen molar-refractivity contribution in [2.24, 2.45) is 0 Å². The zero-order valence-electron chi connectivity index (χ0n) is 20.2. The number of rotatable bonds is 6. The number of benzene rings is 3. The van der Waals surface area contributed by atoms with Gasteiger partial charge in [-0.25, -0.2) is 0 Å². The molecule has 0 unspecified atom stereocenters. The summed E-state index contributed by atoms with van der Waals surface area (Å²) < 4.78 is 23.2. The van der Waals surface area contributed by atoms with E-state index in [-0.39, 0.29) is 11.5 Å². The highest BCUT2D eigenvalue weighted by Crippen LogP contribution is 2.44. The quantitative estimate of drug-likeness (QED) is 0.350. The molecule has 36 heavy (non-hydrogen) atoms. The fraction of sp³-hybridized carbons (Fsp3) is 0.250. The molecule has 0 saturated carbocycles. The van der Waals surface area contributed by atoms with Crippen LogP contribution in [0.5, 0.6) is 23.0 Å². The maximum Gasteiger partial charge on any atom is 0.232 e. The van der Waals surface area contributed by atoms with Gasteiger partial charge in [-0.15, -0.1) is 0 Å². The van der Waals surface area contributed by atoms with Gasteiger partial charge in [0, 0.05) is 28.7 Å². The van der Waals surface area contributed by atoms with E-state index in [2.05, 4.69) is 4.90 Å². The summed E-state index contributed by atoms with van der Waals surface area (Å²) in [4.78, 5) is 15.5. The number of ketones is 1. The molecule has 0 aromatic heterocycles. The third-order valence-electron chi connectivity index (χ3n) is 6.42. The molecule has 186 valence electrons. The smallest absolute Gasteiger partial charge is 0.232 e. The van der Waals surface area contributed by atoms with Crippen LogP contribution in [0.2, 0.25) is 10.0 Å². The highest BCUT2D eigenvalue weighted by atomic mass is 35.5. The van der Waals surface area contributed by atoms with Crippen LogP contribution in [0.1, 0.15) is 32.6 Å². The van der Waals surface area contributed by atoms with Crippen molar-refractivity contribution >= 4 is 35.1 Å². The number of carbonyl (C=O) groups excluding carboxylic acids is 1.